The molecule has 0 fully saturated rings. The van der Waals surface area contributed by atoms with Crippen LogP contribution in [0.4, 0.5) is 5.82 Å². The van der Waals surface area contributed by atoms with Crippen LogP contribution in [0.5, 0.6) is 5.75 Å². The molecule has 140 valence electrons. The van der Waals surface area contributed by atoms with Gasteiger partial charge in [0.1, 0.15) is 18.2 Å². The Bertz CT molecular complexity index is 887. The lowest BCUT2D eigenvalue weighted by Gasteiger charge is -2.11. The lowest BCUT2D eigenvalue weighted by molar-refractivity contribution is 0.306. The average molecular weight is 415 g/mol. The van der Waals surface area contributed by atoms with E-state index < -0.39 is 0 Å². The molecule has 0 atom stereocenters. The Kier molecular flexibility index (Phi) is 8.44. The van der Waals surface area contributed by atoms with Crippen molar-refractivity contribution >= 4 is 53.1 Å². The van der Waals surface area contributed by atoms with Gasteiger partial charge in [-0.2, -0.15) is 0 Å². The van der Waals surface area contributed by atoms with Gasteiger partial charge in [0.2, 0.25) is 0 Å². The summed E-state index contributed by atoms with van der Waals surface area (Å²) < 4.78 is 5.90. The molecule has 0 bridgehead atoms. The second-order valence-electron chi connectivity index (χ2n) is 5.79. The Morgan fingerprint density at radius 2 is 1.88 bits per heavy atom. The van der Waals surface area contributed by atoms with Gasteiger partial charge in [0, 0.05) is 17.0 Å². The lowest BCUT2D eigenvalue weighted by atomic mass is 10.1. The van der Waals surface area contributed by atoms with Crippen molar-refractivity contribution in [1.82, 2.24) is 10.3 Å². The van der Waals surface area contributed by atoms with Gasteiger partial charge in [-0.1, -0.05) is 23.7 Å². The van der Waals surface area contributed by atoms with Crippen molar-refractivity contribution in [3.63, 3.8) is 0 Å². The summed E-state index contributed by atoms with van der Waals surface area (Å²) in [5.41, 5.74) is 9.91. The highest BCUT2D eigenvalue weighted by Crippen LogP contribution is 2.24. The van der Waals surface area contributed by atoms with Gasteiger partial charge in [0.25, 0.3) is 0 Å². The van der Waals surface area contributed by atoms with E-state index in [1.54, 1.807) is 0 Å². The molecule has 3 rings (SSSR count). The van der Waals surface area contributed by atoms with Crippen molar-refractivity contribution in [2.75, 3.05) is 12.8 Å². The van der Waals surface area contributed by atoms with Crippen LogP contribution in [-0.4, -0.2) is 12.0 Å². The van der Waals surface area contributed by atoms with Crippen LogP contribution in [-0.2, 0) is 13.2 Å². The number of anilines is 1. The highest BCUT2D eigenvalue weighted by Gasteiger charge is 2.05. The maximum absolute atomic E-state index is 6.17. The number of nitrogens with one attached hydrogen (secondary N) is 1. The summed E-state index contributed by atoms with van der Waals surface area (Å²) >= 11 is 6.17. The van der Waals surface area contributed by atoms with Crippen LogP contribution >= 0.6 is 36.4 Å². The second-order valence-corrected chi connectivity index (χ2v) is 6.19. The minimum absolute atomic E-state index is 0. The number of hydrogen-bond acceptors (Lipinski definition) is 4. The quantitative estimate of drug-likeness (QED) is 0.622. The predicted molar refractivity (Wildman–Crippen MR) is 114 cm³/mol. The van der Waals surface area contributed by atoms with Crippen molar-refractivity contribution in [1.29, 1.82) is 0 Å². The Morgan fingerprint density at radius 1 is 1.12 bits per heavy atom. The standard InChI is InChI=1S/C19H20ClN3O.2ClH/c1-12-7-19(21)23-18-8-13(3-5-16(12)18)11-24-15-4-6-17(20)14(9-15)10-22-2;;/h3-9,22H,10-11H2,1-2H3,(H2,21,23);2*1H. The van der Waals surface area contributed by atoms with Crippen molar-refractivity contribution in [3.8, 4) is 5.75 Å². The highest BCUT2D eigenvalue weighted by molar-refractivity contribution is 6.31. The zero-order chi connectivity index (χ0) is 17.1. The number of nitrogen functional groups attached to an aromatic ring is 1. The number of hydrogen-bond donors (Lipinski definition) is 2. The monoisotopic (exact) mass is 413 g/mol. The van der Waals surface area contributed by atoms with E-state index in [0.29, 0.717) is 19.0 Å². The smallest absolute Gasteiger partial charge is 0.124 e. The molecule has 0 saturated heterocycles. The maximum atomic E-state index is 6.17. The third-order valence-electron chi connectivity index (χ3n) is 3.89. The SMILES string of the molecule is CNCc1cc(OCc2ccc3c(C)cc(N)nc3c2)ccc1Cl.Cl.Cl. The van der Waals surface area contributed by atoms with Gasteiger partial charge < -0.3 is 15.8 Å². The Morgan fingerprint density at radius 3 is 2.62 bits per heavy atom. The predicted octanol–water partition coefficient (Wildman–Crippen LogP) is 4.92. The van der Waals surface area contributed by atoms with E-state index in [2.05, 4.69) is 22.4 Å². The normalized spacial score (nSPS) is 10.1. The van der Waals surface area contributed by atoms with Crippen LogP contribution in [0.15, 0.2) is 42.5 Å². The number of ether oxygens (including phenoxy) is 1. The van der Waals surface area contributed by atoms with Gasteiger partial charge in [-0.25, -0.2) is 4.98 Å². The molecule has 0 aliphatic heterocycles. The van der Waals surface area contributed by atoms with E-state index in [9.17, 15) is 0 Å². The van der Waals surface area contributed by atoms with E-state index in [4.69, 9.17) is 22.1 Å². The van der Waals surface area contributed by atoms with E-state index in [1.165, 1.54) is 0 Å². The first-order valence-electron chi connectivity index (χ1n) is 7.78. The molecule has 0 radical (unpaired) electrons. The molecule has 0 aliphatic rings. The topological polar surface area (TPSA) is 60.2 Å². The molecule has 0 amide bonds. The van der Waals surface area contributed by atoms with Crippen LogP contribution in [0.2, 0.25) is 5.02 Å². The van der Waals surface area contributed by atoms with Crippen LogP contribution < -0.4 is 15.8 Å². The third kappa shape index (κ3) is 5.15. The van der Waals surface area contributed by atoms with Crippen molar-refractivity contribution in [2.45, 2.75) is 20.1 Å². The fourth-order valence-electron chi connectivity index (χ4n) is 2.70. The first-order chi connectivity index (χ1) is 11.6. The zero-order valence-corrected chi connectivity index (χ0v) is 17.0. The van der Waals surface area contributed by atoms with E-state index in [-0.39, 0.29) is 24.8 Å². The van der Waals surface area contributed by atoms with Gasteiger partial charge in [-0.3, -0.25) is 0 Å². The molecule has 1 aromatic heterocycles. The number of aromatic nitrogens is 1. The maximum Gasteiger partial charge on any atom is 0.124 e. The summed E-state index contributed by atoms with van der Waals surface area (Å²) in [6.07, 6.45) is 0. The first kappa shape index (κ1) is 22.3. The fourth-order valence-corrected chi connectivity index (χ4v) is 2.88. The molecule has 3 aromatic rings. The molecule has 0 saturated carbocycles. The average Bonchev–Trinajstić information content (AvgIpc) is 2.55. The number of rotatable bonds is 5. The summed E-state index contributed by atoms with van der Waals surface area (Å²) in [5, 5.41) is 4.94. The number of halogens is 3. The molecule has 4 nitrogen and oxygen atoms in total. The minimum Gasteiger partial charge on any atom is -0.489 e. The van der Waals surface area contributed by atoms with E-state index >= 15 is 0 Å². The lowest BCUT2D eigenvalue weighted by Crippen LogP contribution is -2.06. The van der Waals surface area contributed by atoms with Crippen molar-refractivity contribution in [3.05, 3.63) is 64.2 Å². The van der Waals surface area contributed by atoms with Gasteiger partial charge in [-0.05, 0) is 61.0 Å². The van der Waals surface area contributed by atoms with E-state index in [0.717, 1.165) is 38.4 Å². The molecule has 26 heavy (non-hydrogen) atoms. The first-order valence-corrected chi connectivity index (χ1v) is 8.16. The summed E-state index contributed by atoms with van der Waals surface area (Å²) in [6.45, 7) is 3.20. The van der Waals surface area contributed by atoms with Crippen molar-refractivity contribution in [2.24, 2.45) is 0 Å². The highest BCUT2D eigenvalue weighted by atomic mass is 35.5. The molecule has 2 aromatic carbocycles. The number of fused-ring (bicyclic) bond motifs is 1. The van der Waals surface area contributed by atoms with E-state index in [1.807, 2.05) is 44.3 Å². The van der Waals surface area contributed by atoms with Crippen LogP contribution in [0, 0.1) is 6.92 Å². The summed E-state index contributed by atoms with van der Waals surface area (Å²) in [7, 11) is 1.89. The number of pyridine rings is 1. The number of benzene rings is 2. The summed E-state index contributed by atoms with van der Waals surface area (Å²) in [6, 6.07) is 13.7. The summed E-state index contributed by atoms with van der Waals surface area (Å²) in [5.74, 6) is 1.33. The van der Waals surface area contributed by atoms with Crippen molar-refractivity contribution < 1.29 is 4.74 Å². The third-order valence-corrected chi connectivity index (χ3v) is 4.26. The largest absolute Gasteiger partial charge is 0.489 e. The molecule has 0 aliphatic carbocycles. The van der Waals surface area contributed by atoms with Gasteiger partial charge in [-0.15, -0.1) is 24.8 Å². The molecule has 3 N–H and O–H groups in total. The molecule has 0 unspecified atom stereocenters. The Hall–Kier alpha value is -1.72. The number of nitrogens with zero attached hydrogens (tertiary/aromatic N) is 1. The molecular weight excluding hydrogens is 393 g/mol. The molecule has 1 heterocycles. The molecule has 7 heteroatoms. The second kappa shape index (κ2) is 9.83. The fraction of sp³-hybridized carbons (Fsp3) is 0.211. The number of aryl methyl sites for hydroxylation is 1. The van der Waals surface area contributed by atoms with Crippen LogP contribution in [0.1, 0.15) is 16.7 Å². The molecular formula is C19H22Cl3N3O. The van der Waals surface area contributed by atoms with Gasteiger partial charge in [0.05, 0.1) is 5.52 Å². The van der Waals surface area contributed by atoms with Gasteiger partial charge >= 0.3 is 0 Å². The summed E-state index contributed by atoms with van der Waals surface area (Å²) in [4.78, 5) is 4.40. The van der Waals surface area contributed by atoms with Gasteiger partial charge in [0.15, 0.2) is 0 Å². The Labute approximate surface area is 170 Å². The van der Waals surface area contributed by atoms with Crippen LogP contribution in [0.3, 0.4) is 0 Å². The number of nitrogens with two attached hydrogens (primary N) is 1. The Balaban J connectivity index is 0.00000169. The van der Waals surface area contributed by atoms with Crippen LogP contribution in [0.25, 0.3) is 10.9 Å². The zero-order valence-electron chi connectivity index (χ0n) is 14.6. The minimum atomic E-state index is 0. The molecule has 0 spiro atoms.